The molecule has 0 unspecified atom stereocenters. The Morgan fingerprint density at radius 1 is 1.18 bits per heavy atom. The van der Waals surface area contributed by atoms with Gasteiger partial charge in [-0.1, -0.05) is 17.7 Å². The molecule has 0 aromatic heterocycles. The number of nitrogens with zero attached hydrogens (tertiary/aromatic N) is 1. The van der Waals surface area contributed by atoms with Crippen LogP contribution in [-0.2, 0) is 0 Å². The molecule has 0 aliphatic heterocycles. The van der Waals surface area contributed by atoms with Gasteiger partial charge in [0.05, 0.1) is 11.3 Å². The van der Waals surface area contributed by atoms with E-state index in [1.165, 1.54) is 0 Å². The Morgan fingerprint density at radius 2 is 2.00 bits per heavy atom. The average molecular weight is 355 g/mol. The first-order chi connectivity index (χ1) is 8.19. The quantitative estimate of drug-likeness (QED) is 0.803. The second-order valence-corrected chi connectivity index (χ2v) is 5.12. The molecule has 2 rings (SSSR count). The van der Waals surface area contributed by atoms with E-state index in [1.54, 1.807) is 18.2 Å². The minimum absolute atomic E-state index is 0.577. The number of benzene rings is 2. The molecule has 0 heterocycles. The fraction of sp³-hybridized carbons (Fsp3) is 0. The van der Waals surface area contributed by atoms with E-state index in [0.29, 0.717) is 10.6 Å². The lowest BCUT2D eigenvalue weighted by molar-refractivity contribution is 1.46. The van der Waals surface area contributed by atoms with Crippen LogP contribution in [0, 0.1) is 14.9 Å². The smallest absolute Gasteiger partial charge is 0.101 e. The monoisotopic (exact) mass is 354 g/mol. The van der Waals surface area contributed by atoms with E-state index in [2.05, 4.69) is 34.0 Å². The molecule has 4 heteroatoms. The first-order valence-corrected chi connectivity index (χ1v) is 6.37. The van der Waals surface area contributed by atoms with Crippen LogP contribution in [-0.4, -0.2) is 0 Å². The van der Waals surface area contributed by atoms with Gasteiger partial charge < -0.3 is 5.32 Å². The molecule has 2 aromatic rings. The number of anilines is 2. The summed E-state index contributed by atoms with van der Waals surface area (Å²) in [7, 11) is 0. The molecule has 0 atom stereocenters. The average Bonchev–Trinajstić information content (AvgIpc) is 2.29. The highest BCUT2D eigenvalue weighted by Gasteiger charge is 2.03. The molecular formula is C13H8ClIN2. The second-order valence-electron chi connectivity index (χ2n) is 3.44. The Hall–Kier alpha value is -1.25. The number of nitriles is 1. The van der Waals surface area contributed by atoms with Crippen LogP contribution in [0.4, 0.5) is 11.4 Å². The van der Waals surface area contributed by atoms with E-state index in [1.807, 2.05) is 24.3 Å². The molecule has 2 nitrogen and oxygen atoms in total. The van der Waals surface area contributed by atoms with Crippen LogP contribution in [0.1, 0.15) is 5.56 Å². The maximum atomic E-state index is 9.01. The van der Waals surface area contributed by atoms with E-state index >= 15 is 0 Å². The van der Waals surface area contributed by atoms with E-state index in [0.717, 1.165) is 14.9 Å². The van der Waals surface area contributed by atoms with Crippen molar-refractivity contribution in [3.63, 3.8) is 0 Å². The van der Waals surface area contributed by atoms with Crippen molar-refractivity contribution in [2.45, 2.75) is 0 Å². The Bertz CT molecular complexity index is 590. The first-order valence-electron chi connectivity index (χ1n) is 4.91. The van der Waals surface area contributed by atoms with Crippen LogP contribution in [0.25, 0.3) is 0 Å². The predicted molar refractivity (Wildman–Crippen MR) is 78.6 cm³/mol. The van der Waals surface area contributed by atoms with Crippen molar-refractivity contribution in [1.29, 1.82) is 5.26 Å². The van der Waals surface area contributed by atoms with Gasteiger partial charge in [-0.2, -0.15) is 5.26 Å². The summed E-state index contributed by atoms with van der Waals surface area (Å²) in [5.74, 6) is 0. The zero-order valence-electron chi connectivity index (χ0n) is 8.74. The predicted octanol–water partition coefficient (Wildman–Crippen LogP) is 4.56. The van der Waals surface area contributed by atoms with Crippen LogP contribution in [0.15, 0.2) is 42.5 Å². The maximum Gasteiger partial charge on any atom is 0.101 e. The Balaban J connectivity index is 2.36. The highest BCUT2D eigenvalue weighted by molar-refractivity contribution is 14.1. The van der Waals surface area contributed by atoms with E-state index in [-0.39, 0.29) is 0 Å². The second kappa shape index (κ2) is 5.39. The summed E-state index contributed by atoms with van der Waals surface area (Å²) in [4.78, 5) is 0. The van der Waals surface area contributed by atoms with Gasteiger partial charge in [0, 0.05) is 14.3 Å². The standard InChI is InChI=1S/C13H8ClIN2/c14-10-5-4-9(8-16)13(6-10)17-12-3-1-2-11(15)7-12/h1-7,17H. The summed E-state index contributed by atoms with van der Waals surface area (Å²) < 4.78 is 1.13. The Morgan fingerprint density at radius 3 is 2.71 bits per heavy atom. The molecule has 0 bridgehead atoms. The lowest BCUT2D eigenvalue weighted by atomic mass is 10.2. The zero-order valence-corrected chi connectivity index (χ0v) is 11.7. The van der Waals surface area contributed by atoms with Gasteiger partial charge in [0.2, 0.25) is 0 Å². The molecule has 0 spiro atoms. The van der Waals surface area contributed by atoms with Crippen LogP contribution in [0.2, 0.25) is 5.02 Å². The Labute approximate surface area is 118 Å². The number of nitrogens with one attached hydrogen (secondary N) is 1. The highest BCUT2D eigenvalue weighted by atomic mass is 127. The van der Waals surface area contributed by atoms with Gasteiger partial charge in [0.15, 0.2) is 0 Å². The number of hydrogen-bond acceptors (Lipinski definition) is 2. The van der Waals surface area contributed by atoms with Crippen LogP contribution in [0.3, 0.4) is 0 Å². The third-order valence-electron chi connectivity index (χ3n) is 2.21. The number of halogens is 2. The van der Waals surface area contributed by atoms with Crippen molar-refractivity contribution in [2.24, 2.45) is 0 Å². The number of hydrogen-bond donors (Lipinski definition) is 1. The molecular weight excluding hydrogens is 347 g/mol. The minimum Gasteiger partial charge on any atom is -0.354 e. The van der Waals surface area contributed by atoms with Gasteiger partial charge in [0.1, 0.15) is 6.07 Å². The first kappa shape index (κ1) is 12.2. The summed E-state index contributed by atoms with van der Waals surface area (Å²) in [6.07, 6.45) is 0. The van der Waals surface area contributed by atoms with Crippen molar-refractivity contribution in [2.75, 3.05) is 5.32 Å². The summed E-state index contributed by atoms with van der Waals surface area (Å²) in [5, 5.41) is 12.8. The van der Waals surface area contributed by atoms with Gasteiger partial charge in [0.25, 0.3) is 0 Å². The molecule has 0 saturated carbocycles. The zero-order chi connectivity index (χ0) is 12.3. The van der Waals surface area contributed by atoms with Crippen LogP contribution in [0.5, 0.6) is 0 Å². The third kappa shape index (κ3) is 3.11. The van der Waals surface area contributed by atoms with Gasteiger partial charge >= 0.3 is 0 Å². The van der Waals surface area contributed by atoms with Crippen molar-refractivity contribution in [3.8, 4) is 6.07 Å². The van der Waals surface area contributed by atoms with Crippen LogP contribution >= 0.6 is 34.2 Å². The molecule has 0 fully saturated rings. The molecule has 17 heavy (non-hydrogen) atoms. The van der Waals surface area contributed by atoms with Gasteiger partial charge in [-0.05, 0) is 59.0 Å². The van der Waals surface area contributed by atoms with Crippen LogP contribution < -0.4 is 5.32 Å². The normalized spacial score (nSPS) is 9.71. The number of rotatable bonds is 2. The summed E-state index contributed by atoms with van der Waals surface area (Å²) in [5.41, 5.74) is 2.24. The van der Waals surface area contributed by atoms with Crippen molar-refractivity contribution >= 4 is 45.6 Å². The lowest BCUT2D eigenvalue weighted by Crippen LogP contribution is -1.93. The van der Waals surface area contributed by atoms with Crippen molar-refractivity contribution in [1.82, 2.24) is 0 Å². The minimum atomic E-state index is 0.577. The SMILES string of the molecule is N#Cc1ccc(Cl)cc1Nc1cccc(I)c1. The van der Waals surface area contributed by atoms with E-state index < -0.39 is 0 Å². The lowest BCUT2D eigenvalue weighted by Gasteiger charge is -2.08. The van der Waals surface area contributed by atoms with E-state index in [9.17, 15) is 0 Å². The molecule has 1 N–H and O–H groups in total. The van der Waals surface area contributed by atoms with Crippen molar-refractivity contribution < 1.29 is 0 Å². The summed E-state index contributed by atoms with van der Waals surface area (Å²) >= 11 is 8.16. The third-order valence-corrected chi connectivity index (χ3v) is 3.11. The Kier molecular flexibility index (Phi) is 3.87. The fourth-order valence-electron chi connectivity index (χ4n) is 1.44. The molecule has 0 saturated heterocycles. The molecule has 0 radical (unpaired) electrons. The molecule has 0 amide bonds. The van der Waals surface area contributed by atoms with Gasteiger partial charge in [-0.15, -0.1) is 0 Å². The molecule has 0 aliphatic rings. The van der Waals surface area contributed by atoms with E-state index in [4.69, 9.17) is 16.9 Å². The van der Waals surface area contributed by atoms with Gasteiger partial charge in [-0.3, -0.25) is 0 Å². The maximum absolute atomic E-state index is 9.01. The molecule has 84 valence electrons. The molecule has 0 aliphatic carbocycles. The van der Waals surface area contributed by atoms with Crippen molar-refractivity contribution in [3.05, 3.63) is 56.6 Å². The summed E-state index contributed by atoms with van der Waals surface area (Å²) in [6.45, 7) is 0. The summed E-state index contributed by atoms with van der Waals surface area (Å²) in [6, 6.07) is 15.2. The highest BCUT2D eigenvalue weighted by Crippen LogP contribution is 2.24. The molecule has 2 aromatic carbocycles. The topological polar surface area (TPSA) is 35.8 Å². The fourth-order valence-corrected chi connectivity index (χ4v) is 2.15. The van der Waals surface area contributed by atoms with Gasteiger partial charge in [-0.25, -0.2) is 0 Å². The largest absolute Gasteiger partial charge is 0.354 e.